The van der Waals surface area contributed by atoms with E-state index in [1.165, 1.54) is 17.0 Å². The van der Waals surface area contributed by atoms with Crippen LogP contribution in [0.25, 0.3) is 0 Å². The van der Waals surface area contributed by atoms with Gasteiger partial charge in [0.25, 0.3) is 5.91 Å². The maximum Gasteiger partial charge on any atom is 0.256 e. The Balaban J connectivity index is 1.53. The van der Waals surface area contributed by atoms with Gasteiger partial charge in [0.05, 0.1) is 5.56 Å². The van der Waals surface area contributed by atoms with Crippen molar-refractivity contribution in [2.45, 2.75) is 19.4 Å². The van der Waals surface area contributed by atoms with Gasteiger partial charge in [0.15, 0.2) is 17.5 Å². The molecule has 1 heterocycles. The van der Waals surface area contributed by atoms with Crippen molar-refractivity contribution in [2.75, 3.05) is 13.1 Å². The molecule has 148 valence electrons. The van der Waals surface area contributed by atoms with Crippen molar-refractivity contribution in [1.82, 2.24) is 10.2 Å². The standard InChI is InChI=1S/C20H18F4N2O2/c21-14-3-1-12(2-4-14)11-25-19(27)13-7-9-26(10-8-13)20(28)15-5-6-16(22)18(24)17(15)23/h1-6,13H,7-11H2,(H,25,27). The summed E-state index contributed by atoms with van der Waals surface area (Å²) < 4.78 is 53.1. The second-order valence-electron chi connectivity index (χ2n) is 6.63. The molecule has 0 radical (unpaired) electrons. The van der Waals surface area contributed by atoms with Crippen LogP contribution in [0.4, 0.5) is 17.6 Å². The number of hydrogen-bond acceptors (Lipinski definition) is 2. The smallest absolute Gasteiger partial charge is 0.256 e. The number of rotatable bonds is 4. The van der Waals surface area contributed by atoms with E-state index in [1.807, 2.05) is 0 Å². The summed E-state index contributed by atoms with van der Waals surface area (Å²) in [4.78, 5) is 26.0. The second-order valence-corrected chi connectivity index (χ2v) is 6.63. The van der Waals surface area contributed by atoms with Gasteiger partial charge in [-0.2, -0.15) is 0 Å². The third kappa shape index (κ3) is 4.32. The lowest BCUT2D eigenvalue weighted by molar-refractivity contribution is -0.126. The first-order valence-corrected chi connectivity index (χ1v) is 8.81. The van der Waals surface area contributed by atoms with Crippen LogP contribution in [0.2, 0.25) is 0 Å². The zero-order valence-corrected chi connectivity index (χ0v) is 14.9. The number of amides is 2. The zero-order valence-electron chi connectivity index (χ0n) is 14.9. The van der Waals surface area contributed by atoms with Crippen molar-refractivity contribution in [3.05, 3.63) is 70.8 Å². The molecule has 4 nitrogen and oxygen atoms in total. The van der Waals surface area contributed by atoms with Crippen LogP contribution >= 0.6 is 0 Å². The molecule has 1 saturated heterocycles. The second kappa shape index (κ2) is 8.41. The highest BCUT2D eigenvalue weighted by atomic mass is 19.2. The van der Waals surface area contributed by atoms with E-state index >= 15 is 0 Å². The Labute approximate surface area is 159 Å². The Morgan fingerprint density at radius 1 is 0.929 bits per heavy atom. The predicted octanol–water partition coefficient (Wildman–Crippen LogP) is 3.41. The summed E-state index contributed by atoms with van der Waals surface area (Å²) in [6, 6.07) is 7.39. The summed E-state index contributed by atoms with van der Waals surface area (Å²) in [5.41, 5.74) is 0.231. The molecule has 1 fully saturated rings. The molecule has 2 amide bonds. The molecule has 0 atom stereocenters. The Kier molecular flexibility index (Phi) is 5.96. The van der Waals surface area contributed by atoms with E-state index in [1.54, 1.807) is 12.1 Å². The van der Waals surface area contributed by atoms with Gasteiger partial charge in [-0.05, 0) is 42.7 Å². The van der Waals surface area contributed by atoms with Crippen LogP contribution in [0.15, 0.2) is 36.4 Å². The summed E-state index contributed by atoms with van der Waals surface area (Å²) in [6.45, 7) is 0.663. The van der Waals surface area contributed by atoms with Gasteiger partial charge in [0, 0.05) is 25.6 Å². The van der Waals surface area contributed by atoms with E-state index in [9.17, 15) is 27.2 Å². The Morgan fingerprint density at radius 2 is 1.57 bits per heavy atom. The van der Waals surface area contributed by atoms with Crippen molar-refractivity contribution < 1.29 is 27.2 Å². The number of likely N-dealkylation sites (tertiary alicyclic amines) is 1. The van der Waals surface area contributed by atoms with Crippen molar-refractivity contribution >= 4 is 11.8 Å². The first kappa shape index (κ1) is 19.9. The number of carbonyl (C=O) groups excluding carboxylic acids is 2. The molecule has 0 bridgehead atoms. The Bertz CT molecular complexity index is 879. The molecule has 0 saturated carbocycles. The maximum absolute atomic E-state index is 13.8. The van der Waals surface area contributed by atoms with E-state index in [0.717, 1.165) is 11.6 Å². The van der Waals surface area contributed by atoms with Crippen molar-refractivity contribution in [1.29, 1.82) is 0 Å². The molecule has 0 aliphatic carbocycles. The van der Waals surface area contributed by atoms with Crippen molar-refractivity contribution in [3.8, 4) is 0 Å². The van der Waals surface area contributed by atoms with Gasteiger partial charge in [-0.1, -0.05) is 12.1 Å². The zero-order chi connectivity index (χ0) is 20.3. The first-order chi connectivity index (χ1) is 13.4. The molecular formula is C20H18F4N2O2. The average Bonchev–Trinajstić information content (AvgIpc) is 2.71. The minimum Gasteiger partial charge on any atom is -0.352 e. The summed E-state index contributed by atoms with van der Waals surface area (Å²) in [6.07, 6.45) is 0.735. The lowest BCUT2D eigenvalue weighted by Gasteiger charge is -2.31. The van der Waals surface area contributed by atoms with E-state index in [4.69, 9.17) is 0 Å². The molecule has 1 N–H and O–H groups in total. The number of hydrogen-bond donors (Lipinski definition) is 1. The molecule has 0 unspecified atom stereocenters. The highest BCUT2D eigenvalue weighted by molar-refractivity contribution is 5.94. The number of carbonyl (C=O) groups is 2. The normalized spacial score (nSPS) is 14.8. The van der Waals surface area contributed by atoms with Crippen LogP contribution in [-0.4, -0.2) is 29.8 Å². The molecule has 2 aromatic carbocycles. The van der Waals surface area contributed by atoms with Gasteiger partial charge >= 0.3 is 0 Å². The van der Waals surface area contributed by atoms with Crippen LogP contribution in [0.5, 0.6) is 0 Å². The Morgan fingerprint density at radius 3 is 2.21 bits per heavy atom. The van der Waals surface area contributed by atoms with Crippen LogP contribution in [-0.2, 0) is 11.3 Å². The van der Waals surface area contributed by atoms with Crippen molar-refractivity contribution in [3.63, 3.8) is 0 Å². The molecule has 0 aromatic heterocycles. The van der Waals surface area contributed by atoms with Crippen LogP contribution in [0.3, 0.4) is 0 Å². The number of nitrogens with one attached hydrogen (secondary N) is 1. The van der Waals surface area contributed by atoms with Gasteiger partial charge in [-0.25, -0.2) is 17.6 Å². The van der Waals surface area contributed by atoms with Gasteiger partial charge in [0.1, 0.15) is 5.82 Å². The number of nitrogens with zero attached hydrogens (tertiary/aromatic N) is 1. The first-order valence-electron chi connectivity index (χ1n) is 8.81. The lowest BCUT2D eigenvalue weighted by Crippen LogP contribution is -2.43. The molecule has 8 heteroatoms. The van der Waals surface area contributed by atoms with E-state index in [-0.39, 0.29) is 37.3 Å². The SMILES string of the molecule is O=C(NCc1ccc(F)cc1)C1CCN(C(=O)c2ccc(F)c(F)c2F)CC1. The predicted molar refractivity (Wildman–Crippen MR) is 93.2 cm³/mol. The summed E-state index contributed by atoms with van der Waals surface area (Å²) in [5, 5.41) is 2.77. The molecule has 1 aliphatic heterocycles. The Hall–Kier alpha value is -2.90. The summed E-state index contributed by atoms with van der Waals surface area (Å²) in [5.74, 6) is -6.14. The quantitative estimate of drug-likeness (QED) is 0.638. The monoisotopic (exact) mass is 394 g/mol. The highest BCUT2D eigenvalue weighted by Gasteiger charge is 2.29. The largest absolute Gasteiger partial charge is 0.352 e. The third-order valence-corrected chi connectivity index (χ3v) is 4.80. The van der Waals surface area contributed by atoms with Gasteiger partial charge < -0.3 is 10.2 Å². The maximum atomic E-state index is 13.8. The lowest BCUT2D eigenvalue weighted by atomic mass is 9.95. The van der Waals surface area contributed by atoms with Gasteiger partial charge in [-0.15, -0.1) is 0 Å². The molecule has 2 aromatic rings. The topological polar surface area (TPSA) is 49.4 Å². The minimum absolute atomic E-state index is 0.185. The van der Waals surface area contributed by atoms with E-state index in [2.05, 4.69) is 5.32 Å². The number of benzene rings is 2. The van der Waals surface area contributed by atoms with Crippen LogP contribution in [0.1, 0.15) is 28.8 Å². The van der Waals surface area contributed by atoms with Crippen LogP contribution in [0, 0.1) is 29.2 Å². The summed E-state index contributed by atoms with van der Waals surface area (Å²) in [7, 11) is 0. The molecule has 28 heavy (non-hydrogen) atoms. The van der Waals surface area contributed by atoms with Gasteiger partial charge in [-0.3, -0.25) is 9.59 Å². The van der Waals surface area contributed by atoms with Crippen LogP contribution < -0.4 is 5.32 Å². The molecule has 1 aliphatic rings. The molecule has 3 rings (SSSR count). The fourth-order valence-corrected chi connectivity index (χ4v) is 3.14. The number of piperidine rings is 1. The van der Waals surface area contributed by atoms with Crippen molar-refractivity contribution in [2.24, 2.45) is 5.92 Å². The third-order valence-electron chi connectivity index (χ3n) is 4.80. The highest BCUT2D eigenvalue weighted by Crippen LogP contribution is 2.22. The minimum atomic E-state index is -1.68. The van der Waals surface area contributed by atoms with E-state index < -0.39 is 28.9 Å². The number of halogens is 4. The fourth-order valence-electron chi connectivity index (χ4n) is 3.14. The fraction of sp³-hybridized carbons (Fsp3) is 0.300. The molecular weight excluding hydrogens is 376 g/mol. The van der Waals surface area contributed by atoms with Gasteiger partial charge in [0.2, 0.25) is 5.91 Å². The average molecular weight is 394 g/mol. The molecule has 0 spiro atoms. The van der Waals surface area contributed by atoms with E-state index in [0.29, 0.717) is 18.9 Å². The summed E-state index contributed by atoms with van der Waals surface area (Å²) >= 11 is 0.